The number of amides is 1. The number of nitrogens with zero attached hydrogens (tertiary/aromatic N) is 1. The van der Waals surface area contributed by atoms with Gasteiger partial charge in [0.1, 0.15) is 0 Å². The highest BCUT2D eigenvalue weighted by atomic mass is 16.5. The van der Waals surface area contributed by atoms with Crippen molar-refractivity contribution < 1.29 is 9.53 Å². The first-order valence-corrected chi connectivity index (χ1v) is 6.41. The number of rotatable bonds is 3. The molecule has 1 aliphatic rings. The van der Waals surface area contributed by atoms with E-state index in [1.54, 1.807) is 25.4 Å². The number of carbonyl (C=O) groups is 1. The van der Waals surface area contributed by atoms with Crippen LogP contribution in [0.1, 0.15) is 11.5 Å². The van der Waals surface area contributed by atoms with Crippen LogP contribution in [0.3, 0.4) is 0 Å². The van der Waals surface area contributed by atoms with Crippen molar-refractivity contribution in [1.82, 2.24) is 4.98 Å². The molecule has 0 bridgehead atoms. The van der Waals surface area contributed by atoms with E-state index >= 15 is 0 Å². The lowest BCUT2D eigenvalue weighted by Crippen LogP contribution is -2.22. The van der Waals surface area contributed by atoms with E-state index in [1.807, 2.05) is 24.3 Å². The Hall–Kier alpha value is -2.56. The first-order chi connectivity index (χ1) is 9.78. The Bertz CT molecular complexity index is 625. The van der Waals surface area contributed by atoms with Gasteiger partial charge in [-0.2, -0.15) is 0 Å². The lowest BCUT2D eigenvalue weighted by Gasteiger charge is -2.11. The van der Waals surface area contributed by atoms with E-state index in [1.165, 1.54) is 0 Å². The summed E-state index contributed by atoms with van der Waals surface area (Å²) in [6.07, 6.45) is 1.59. The van der Waals surface area contributed by atoms with E-state index in [0.717, 1.165) is 11.3 Å². The highest BCUT2D eigenvalue weighted by molar-refractivity contribution is 5.98. The number of ether oxygens (including phenoxy) is 1. The summed E-state index contributed by atoms with van der Waals surface area (Å²) in [7, 11) is 1.56. The topological polar surface area (TPSA) is 63.2 Å². The molecule has 0 spiro atoms. The van der Waals surface area contributed by atoms with Crippen molar-refractivity contribution in [3.63, 3.8) is 0 Å². The van der Waals surface area contributed by atoms with Gasteiger partial charge in [-0.3, -0.25) is 4.79 Å². The molecule has 2 N–H and O–H groups in total. The number of fused-ring (bicyclic) bond motifs is 1. The minimum atomic E-state index is -0.173. The molecule has 0 saturated carbocycles. The molecule has 1 aliphatic heterocycles. The second-order valence-corrected chi connectivity index (χ2v) is 4.60. The summed E-state index contributed by atoms with van der Waals surface area (Å²) in [5, 5.41) is 6.12. The average Bonchev–Trinajstić information content (AvgIpc) is 2.92. The molecule has 1 aromatic carbocycles. The van der Waals surface area contributed by atoms with Gasteiger partial charge in [0, 0.05) is 18.3 Å². The molecular formula is C15H15N3O2. The lowest BCUT2D eigenvalue weighted by molar-refractivity contribution is -0.117. The number of methoxy groups -OCH3 is 1. The second kappa shape index (κ2) is 5.21. The number of anilines is 2. The molecule has 1 aromatic heterocycles. The summed E-state index contributed by atoms with van der Waals surface area (Å²) in [4.78, 5) is 16.4. The molecule has 3 rings (SSSR count). The number of aromatic nitrogens is 1. The lowest BCUT2D eigenvalue weighted by atomic mass is 10.0. The second-order valence-electron chi connectivity index (χ2n) is 4.60. The van der Waals surface area contributed by atoms with E-state index in [4.69, 9.17) is 4.74 Å². The molecular weight excluding hydrogens is 254 g/mol. The molecule has 0 radical (unpaired) electrons. The standard InChI is InChI=1S/C15H15N3O2/c1-20-14-7-6-10(8-17-14)18-15(19)12-9-16-13-5-3-2-4-11(12)13/h2-8,12,16H,9H2,1H3,(H,18,19). The summed E-state index contributed by atoms with van der Waals surface area (Å²) >= 11 is 0. The van der Waals surface area contributed by atoms with Crippen molar-refractivity contribution in [3.05, 3.63) is 48.2 Å². The number of hydrogen-bond donors (Lipinski definition) is 2. The first-order valence-electron chi connectivity index (χ1n) is 6.41. The van der Waals surface area contributed by atoms with Gasteiger partial charge < -0.3 is 15.4 Å². The number of carbonyl (C=O) groups excluding carboxylic acids is 1. The summed E-state index contributed by atoms with van der Waals surface area (Å²) in [5.74, 6) is 0.318. The Balaban J connectivity index is 1.74. The number of benzene rings is 1. The third-order valence-electron chi connectivity index (χ3n) is 3.36. The normalized spacial score (nSPS) is 16.1. The predicted octanol–water partition coefficient (Wildman–Crippen LogP) is 2.24. The third kappa shape index (κ3) is 2.30. The fourth-order valence-electron chi connectivity index (χ4n) is 2.32. The summed E-state index contributed by atoms with van der Waals surface area (Å²) in [6.45, 7) is 0.620. The van der Waals surface area contributed by atoms with Crippen LogP contribution < -0.4 is 15.4 Å². The number of pyridine rings is 1. The fraction of sp³-hybridized carbons (Fsp3) is 0.200. The summed E-state index contributed by atoms with van der Waals surface area (Å²) < 4.78 is 4.99. The molecule has 5 heteroatoms. The molecule has 0 aliphatic carbocycles. The van der Waals surface area contributed by atoms with Crippen LogP contribution in [0.5, 0.6) is 5.88 Å². The van der Waals surface area contributed by atoms with Gasteiger partial charge in [0.25, 0.3) is 0 Å². The first kappa shape index (κ1) is 12.5. The van der Waals surface area contributed by atoms with Crippen LogP contribution in [0, 0.1) is 0 Å². The fourth-order valence-corrected chi connectivity index (χ4v) is 2.32. The van der Waals surface area contributed by atoms with Crippen LogP contribution in [-0.4, -0.2) is 24.5 Å². The molecule has 102 valence electrons. The van der Waals surface area contributed by atoms with Crippen molar-refractivity contribution in [2.24, 2.45) is 0 Å². The molecule has 1 unspecified atom stereocenters. The molecule has 2 heterocycles. The zero-order valence-electron chi connectivity index (χ0n) is 11.1. The maximum absolute atomic E-state index is 12.3. The average molecular weight is 269 g/mol. The van der Waals surface area contributed by atoms with Crippen molar-refractivity contribution >= 4 is 17.3 Å². The van der Waals surface area contributed by atoms with Gasteiger partial charge in [-0.05, 0) is 17.7 Å². The van der Waals surface area contributed by atoms with Gasteiger partial charge in [0.15, 0.2) is 0 Å². The van der Waals surface area contributed by atoms with Crippen molar-refractivity contribution in [2.45, 2.75) is 5.92 Å². The summed E-state index contributed by atoms with van der Waals surface area (Å²) in [6, 6.07) is 11.4. The Morgan fingerprint density at radius 3 is 2.95 bits per heavy atom. The molecule has 5 nitrogen and oxygen atoms in total. The van der Waals surface area contributed by atoms with Crippen LogP contribution in [0.15, 0.2) is 42.6 Å². The van der Waals surface area contributed by atoms with Crippen LogP contribution in [0.25, 0.3) is 0 Å². The van der Waals surface area contributed by atoms with Crippen molar-refractivity contribution in [2.75, 3.05) is 24.3 Å². The number of para-hydroxylation sites is 1. The molecule has 20 heavy (non-hydrogen) atoms. The predicted molar refractivity (Wildman–Crippen MR) is 77.1 cm³/mol. The monoisotopic (exact) mass is 269 g/mol. The van der Waals surface area contributed by atoms with Gasteiger partial charge in [0.05, 0.1) is 24.9 Å². The Morgan fingerprint density at radius 2 is 2.20 bits per heavy atom. The SMILES string of the molecule is COc1ccc(NC(=O)C2CNc3ccccc32)cn1. The largest absolute Gasteiger partial charge is 0.481 e. The molecule has 2 aromatic rings. The third-order valence-corrected chi connectivity index (χ3v) is 3.36. The number of hydrogen-bond acceptors (Lipinski definition) is 4. The van der Waals surface area contributed by atoms with E-state index < -0.39 is 0 Å². The van der Waals surface area contributed by atoms with E-state index in [2.05, 4.69) is 15.6 Å². The van der Waals surface area contributed by atoms with Gasteiger partial charge in [0.2, 0.25) is 11.8 Å². The van der Waals surface area contributed by atoms with E-state index in [9.17, 15) is 4.79 Å². The maximum atomic E-state index is 12.3. The smallest absolute Gasteiger partial charge is 0.233 e. The van der Waals surface area contributed by atoms with Crippen LogP contribution >= 0.6 is 0 Å². The quantitative estimate of drug-likeness (QED) is 0.897. The minimum absolute atomic E-state index is 0.0329. The van der Waals surface area contributed by atoms with Crippen molar-refractivity contribution in [1.29, 1.82) is 0 Å². The molecule has 0 fully saturated rings. The van der Waals surface area contributed by atoms with Crippen LogP contribution in [0.4, 0.5) is 11.4 Å². The number of nitrogens with one attached hydrogen (secondary N) is 2. The zero-order chi connectivity index (χ0) is 13.9. The summed E-state index contributed by atoms with van der Waals surface area (Å²) in [5.41, 5.74) is 2.73. The Kier molecular flexibility index (Phi) is 3.25. The van der Waals surface area contributed by atoms with Gasteiger partial charge in [-0.15, -0.1) is 0 Å². The molecule has 1 amide bonds. The van der Waals surface area contributed by atoms with Crippen LogP contribution in [-0.2, 0) is 4.79 Å². The van der Waals surface area contributed by atoms with E-state index in [-0.39, 0.29) is 11.8 Å². The van der Waals surface area contributed by atoms with Crippen molar-refractivity contribution in [3.8, 4) is 5.88 Å². The maximum Gasteiger partial charge on any atom is 0.233 e. The Morgan fingerprint density at radius 1 is 1.35 bits per heavy atom. The molecule has 1 atom stereocenters. The van der Waals surface area contributed by atoms with Crippen LogP contribution in [0.2, 0.25) is 0 Å². The Labute approximate surface area is 117 Å². The van der Waals surface area contributed by atoms with Gasteiger partial charge >= 0.3 is 0 Å². The minimum Gasteiger partial charge on any atom is -0.481 e. The highest BCUT2D eigenvalue weighted by Crippen LogP contribution is 2.31. The van der Waals surface area contributed by atoms with E-state index in [0.29, 0.717) is 18.1 Å². The van der Waals surface area contributed by atoms with Gasteiger partial charge in [-0.25, -0.2) is 4.98 Å². The highest BCUT2D eigenvalue weighted by Gasteiger charge is 2.28. The molecule has 0 saturated heterocycles. The zero-order valence-corrected chi connectivity index (χ0v) is 11.1. The van der Waals surface area contributed by atoms with Gasteiger partial charge in [-0.1, -0.05) is 18.2 Å².